The van der Waals surface area contributed by atoms with E-state index in [-0.39, 0.29) is 11.9 Å². The van der Waals surface area contributed by atoms with Crippen LogP contribution in [0.2, 0.25) is 0 Å². The molecule has 19 heavy (non-hydrogen) atoms. The molecule has 1 saturated heterocycles. The minimum absolute atomic E-state index is 0.0159. The van der Waals surface area contributed by atoms with Gasteiger partial charge in [-0.15, -0.1) is 0 Å². The molecule has 1 fully saturated rings. The molecule has 112 valence electrons. The summed E-state index contributed by atoms with van der Waals surface area (Å²) in [7, 11) is -3.12. The van der Waals surface area contributed by atoms with E-state index in [9.17, 15) is 13.2 Å². The second kappa shape index (κ2) is 7.21. The molecule has 0 aromatic heterocycles. The van der Waals surface area contributed by atoms with E-state index in [0.29, 0.717) is 26.2 Å². The van der Waals surface area contributed by atoms with Crippen LogP contribution in [0.3, 0.4) is 0 Å². The zero-order valence-electron chi connectivity index (χ0n) is 12.1. The highest BCUT2D eigenvalue weighted by Crippen LogP contribution is 2.06. The number of nitrogens with one attached hydrogen (secondary N) is 1. The van der Waals surface area contributed by atoms with E-state index >= 15 is 0 Å². The first-order valence-electron chi connectivity index (χ1n) is 6.79. The van der Waals surface area contributed by atoms with Gasteiger partial charge < -0.3 is 5.32 Å². The number of carbonyl (C=O) groups is 1. The van der Waals surface area contributed by atoms with Gasteiger partial charge >= 0.3 is 0 Å². The Hall–Kier alpha value is -0.660. The third-order valence-corrected chi connectivity index (χ3v) is 4.71. The molecule has 1 unspecified atom stereocenters. The van der Waals surface area contributed by atoms with Gasteiger partial charge in [-0.25, -0.2) is 12.7 Å². The Labute approximate surface area is 116 Å². The number of sulfonamides is 1. The van der Waals surface area contributed by atoms with E-state index in [1.165, 1.54) is 10.6 Å². The highest BCUT2D eigenvalue weighted by Gasteiger charge is 2.22. The lowest BCUT2D eigenvalue weighted by Gasteiger charge is -2.21. The Morgan fingerprint density at radius 2 is 1.95 bits per heavy atom. The average Bonchev–Trinajstić information content (AvgIpc) is 2.53. The maximum atomic E-state index is 11.8. The van der Waals surface area contributed by atoms with Crippen LogP contribution >= 0.6 is 0 Å². The summed E-state index contributed by atoms with van der Waals surface area (Å²) in [4.78, 5) is 13.8. The highest BCUT2D eigenvalue weighted by molar-refractivity contribution is 7.88. The quantitative estimate of drug-likeness (QED) is 0.766. The molecule has 1 heterocycles. The molecule has 1 rings (SSSR count). The van der Waals surface area contributed by atoms with Crippen molar-refractivity contribution in [2.75, 3.05) is 39.0 Å². The monoisotopic (exact) mass is 291 g/mol. The van der Waals surface area contributed by atoms with Crippen molar-refractivity contribution in [2.45, 2.75) is 32.7 Å². The fourth-order valence-electron chi connectivity index (χ4n) is 2.06. The third kappa shape index (κ3) is 5.88. The summed E-state index contributed by atoms with van der Waals surface area (Å²) >= 11 is 0. The first-order chi connectivity index (χ1) is 8.82. The molecule has 1 atom stereocenters. The average molecular weight is 291 g/mol. The number of nitrogens with zero attached hydrogens (tertiary/aromatic N) is 2. The van der Waals surface area contributed by atoms with Crippen molar-refractivity contribution in [1.82, 2.24) is 14.5 Å². The predicted molar refractivity (Wildman–Crippen MR) is 75.4 cm³/mol. The molecule has 0 radical (unpaired) electrons. The van der Waals surface area contributed by atoms with Gasteiger partial charge in [0.1, 0.15) is 0 Å². The van der Waals surface area contributed by atoms with Crippen LogP contribution in [0.4, 0.5) is 0 Å². The summed E-state index contributed by atoms with van der Waals surface area (Å²) in [5.74, 6) is 0.0159. The van der Waals surface area contributed by atoms with Gasteiger partial charge in [0.2, 0.25) is 15.9 Å². The van der Waals surface area contributed by atoms with E-state index in [1.807, 2.05) is 18.7 Å². The van der Waals surface area contributed by atoms with Gasteiger partial charge in [-0.1, -0.05) is 6.92 Å². The van der Waals surface area contributed by atoms with E-state index in [4.69, 9.17) is 0 Å². The summed E-state index contributed by atoms with van der Waals surface area (Å²) in [6, 6.07) is 0.187. The van der Waals surface area contributed by atoms with Gasteiger partial charge in [-0.05, 0) is 26.3 Å². The van der Waals surface area contributed by atoms with Crippen LogP contribution in [0.15, 0.2) is 0 Å². The lowest BCUT2D eigenvalue weighted by atomic mass is 10.2. The molecular weight excluding hydrogens is 266 g/mol. The molecule has 7 heteroatoms. The van der Waals surface area contributed by atoms with Gasteiger partial charge in [0.05, 0.1) is 12.8 Å². The number of hydrogen-bond donors (Lipinski definition) is 1. The number of rotatable bonds is 5. The molecule has 0 aliphatic carbocycles. The van der Waals surface area contributed by atoms with Gasteiger partial charge in [0, 0.05) is 25.7 Å². The number of hydrogen-bond acceptors (Lipinski definition) is 4. The second-order valence-corrected chi connectivity index (χ2v) is 7.15. The molecule has 0 saturated carbocycles. The SMILES string of the molecule is CCC(C)NC(=O)CN1CCCN(S(C)(=O)=O)CC1. The number of amides is 1. The van der Waals surface area contributed by atoms with Crippen LogP contribution in [0.25, 0.3) is 0 Å². The Morgan fingerprint density at radius 3 is 2.53 bits per heavy atom. The van der Waals surface area contributed by atoms with Crippen LogP contribution < -0.4 is 5.32 Å². The largest absolute Gasteiger partial charge is 0.353 e. The van der Waals surface area contributed by atoms with Gasteiger partial charge in [-0.3, -0.25) is 9.69 Å². The van der Waals surface area contributed by atoms with Crippen LogP contribution in [-0.4, -0.2) is 68.6 Å². The minimum atomic E-state index is -3.12. The van der Waals surface area contributed by atoms with E-state index in [2.05, 4.69) is 5.32 Å². The summed E-state index contributed by atoms with van der Waals surface area (Å²) in [6.07, 6.45) is 2.91. The van der Waals surface area contributed by atoms with E-state index in [1.54, 1.807) is 0 Å². The van der Waals surface area contributed by atoms with Crippen molar-refractivity contribution in [3.63, 3.8) is 0 Å². The van der Waals surface area contributed by atoms with E-state index < -0.39 is 10.0 Å². The molecule has 1 aliphatic rings. The Kier molecular flexibility index (Phi) is 6.22. The summed E-state index contributed by atoms with van der Waals surface area (Å²) < 4.78 is 24.4. The smallest absolute Gasteiger partial charge is 0.234 e. The lowest BCUT2D eigenvalue weighted by Crippen LogP contribution is -2.42. The molecule has 6 nitrogen and oxygen atoms in total. The lowest BCUT2D eigenvalue weighted by molar-refractivity contribution is -0.122. The first kappa shape index (κ1) is 16.4. The maximum absolute atomic E-state index is 11.8. The highest BCUT2D eigenvalue weighted by atomic mass is 32.2. The van der Waals surface area contributed by atoms with Crippen LogP contribution in [0.1, 0.15) is 26.7 Å². The summed E-state index contributed by atoms with van der Waals surface area (Å²) in [5.41, 5.74) is 0. The Bertz CT molecular complexity index is 397. The van der Waals surface area contributed by atoms with Gasteiger partial charge in [0.15, 0.2) is 0 Å². The standard InChI is InChI=1S/C12H25N3O3S/c1-4-11(2)13-12(16)10-14-6-5-7-15(9-8-14)19(3,17)18/h11H,4-10H2,1-3H3,(H,13,16). The second-order valence-electron chi connectivity index (χ2n) is 5.17. The molecule has 1 N–H and O–H groups in total. The topological polar surface area (TPSA) is 69.7 Å². The van der Waals surface area contributed by atoms with Crippen molar-refractivity contribution in [1.29, 1.82) is 0 Å². The fraction of sp³-hybridized carbons (Fsp3) is 0.917. The maximum Gasteiger partial charge on any atom is 0.234 e. The van der Waals surface area contributed by atoms with Crippen molar-refractivity contribution >= 4 is 15.9 Å². The van der Waals surface area contributed by atoms with E-state index in [0.717, 1.165) is 19.4 Å². The van der Waals surface area contributed by atoms with Crippen LogP contribution in [0, 0.1) is 0 Å². The molecule has 1 aliphatic heterocycles. The van der Waals surface area contributed by atoms with Crippen LogP contribution in [-0.2, 0) is 14.8 Å². The minimum Gasteiger partial charge on any atom is -0.353 e. The molecule has 0 spiro atoms. The molecule has 0 bridgehead atoms. The first-order valence-corrected chi connectivity index (χ1v) is 8.64. The predicted octanol–water partition coefficient (Wildman–Crippen LogP) is -0.132. The normalized spacial score (nSPS) is 20.8. The van der Waals surface area contributed by atoms with Crippen molar-refractivity contribution in [3.05, 3.63) is 0 Å². The molecule has 0 aromatic carbocycles. The number of carbonyl (C=O) groups excluding carboxylic acids is 1. The van der Waals surface area contributed by atoms with Gasteiger partial charge in [0.25, 0.3) is 0 Å². The molecule has 0 aromatic rings. The molecule has 1 amide bonds. The fourth-order valence-corrected chi connectivity index (χ4v) is 2.94. The van der Waals surface area contributed by atoms with Crippen molar-refractivity contribution in [3.8, 4) is 0 Å². The van der Waals surface area contributed by atoms with Crippen molar-refractivity contribution < 1.29 is 13.2 Å². The Morgan fingerprint density at radius 1 is 1.26 bits per heavy atom. The molecular formula is C12H25N3O3S. The van der Waals surface area contributed by atoms with Crippen LogP contribution in [0.5, 0.6) is 0 Å². The zero-order chi connectivity index (χ0) is 14.5. The zero-order valence-corrected chi connectivity index (χ0v) is 12.9. The summed E-state index contributed by atoms with van der Waals surface area (Å²) in [5, 5.41) is 2.93. The van der Waals surface area contributed by atoms with Crippen molar-refractivity contribution in [2.24, 2.45) is 0 Å². The van der Waals surface area contributed by atoms with Gasteiger partial charge in [-0.2, -0.15) is 0 Å². The Balaban J connectivity index is 2.43. The third-order valence-electron chi connectivity index (χ3n) is 3.40. The summed E-state index contributed by atoms with van der Waals surface area (Å²) in [6.45, 7) is 6.74.